The molecule has 18 heavy (non-hydrogen) atoms. The van der Waals surface area contributed by atoms with Crippen LogP contribution in [0.1, 0.15) is 10.7 Å². The first kappa shape index (κ1) is 13.5. The predicted molar refractivity (Wildman–Crippen MR) is 79.0 cm³/mol. The van der Waals surface area contributed by atoms with Crippen LogP contribution >= 0.6 is 27.3 Å². The SMILES string of the molecule is CNCc1nccc(NCCc2cc(Br)cs2)n1. The van der Waals surface area contributed by atoms with Gasteiger partial charge in [-0.3, -0.25) is 0 Å². The van der Waals surface area contributed by atoms with E-state index in [4.69, 9.17) is 0 Å². The van der Waals surface area contributed by atoms with Gasteiger partial charge in [-0.15, -0.1) is 11.3 Å². The van der Waals surface area contributed by atoms with Crippen LogP contribution < -0.4 is 10.6 Å². The third-order valence-corrected chi connectivity index (χ3v) is 4.10. The number of rotatable bonds is 6. The summed E-state index contributed by atoms with van der Waals surface area (Å²) in [4.78, 5) is 9.95. The van der Waals surface area contributed by atoms with Gasteiger partial charge in [0.05, 0.1) is 6.54 Å². The van der Waals surface area contributed by atoms with E-state index in [2.05, 4.69) is 48.0 Å². The summed E-state index contributed by atoms with van der Waals surface area (Å²) in [6.07, 6.45) is 2.78. The molecule has 0 aliphatic rings. The van der Waals surface area contributed by atoms with Crippen molar-refractivity contribution in [1.82, 2.24) is 15.3 Å². The molecule has 0 saturated heterocycles. The summed E-state index contributed by atoms with van der Waals surface area (Å²) < 4.78 is 1.15. The van der Waals surface area contributed by atoms with Crippen molar-refractivity contribution in [2.24, 2.45) is 0 Å². The van der Waals surface area contributed by atoms with Crippen molar-refractivity contribution >= 4 is 33.1 Å². The van der Waals surface area contributed by atoms with Crippen LogP contribution in [0.25, 0.3) is 0 Å². The second-order valence-corrected chi connectivity index (χ2v) is 5.71. The van der Waals surface area contributed by atoms with E-state index in [-0.39, 0.29) is 0 Å². The van der Waals surface area contributed by atoms with E-state index in [1.54, 1.807) is 17.5 Å². The molecule has 0 aliphatic carbocycles. The highest BCUT2D eigenvalue weighted by Gasteiger charge is 2.00. The van der Waals surface area contributed by atoms with Crippen LogP contribution in [0.4, 0.5) is 5.82 Å². The molecule has 0 atom stereocenters. The van der Waals surface area contributed by atoms with Gasteiger partial charge in [-0.2, -0.15) is 0 Å². The summed E-state index contributed by atoms with van der Waals surface area (Å²) in [6.45, 7) is 1.57. The zero-order valence-corrected chi connectivity index (χ0v) is 12.5. The van der Waals surface area contributed by atoms with E-state index in [1.165, 1.54) is 4.88 Å². The Morgan fingerprint density at radius 1 is 1.44 bits per heavy atom. The van der Waals surface area contributed by atoms with Crippen LogP contribution in [-0.4, -0.2) is 23.6 Å². The van der Waals surface area contributed by atoms with E-state index in [9.17, 15) is 0 Å². The van der Waals surface area contributed by atoms with Gasteiger partial charge in [-0.1, -0.05) is 0 Å². The summed E-state index contributed by atoms with van der Waals surface area (Å²) in [5.41, 5.74) is 0. The number of hydrogen-bond acceptors (Lipinski definition) is 5. The maximum atomic E-state index is 4.41. The first-order valence-corrected chi connectivity index (χ1v) is 7.38. The number of anilines is 1. The highest BCUT2D eigenvalue weighted by atomic mass is 79.9. The summed E-state index contributed by atoms with van der Waals surface area (Å²) in [5, 5.41) is 8.46. The molecule has 4 nitrogen and oxygen atoms in total. The van der Waals surface area contributed by atoms with Crippen molar-refractivity contribution in [2.75, 3.05) is 18.9 Å². The van der Waals surface area contributed by atoms with Gasteiger partial charge in [-0.05, 0) is 41.5 Å². The normalized spacial score (nSPS) is 10.6. The lowest BCUT2D eigenvalue weighted by Crippen LogP contribution is -2.11. The molecule has 0 fully saturated rings. The molecule has 0 amide bonds. The van der Waals surface area contributed by atoms with Crippen LogP contribution in [0, 0.1) is 0 Å². The first-order valence-electron chi connectivity index (χ1n) is 5.71. The van der Waals surface area contributed by atoms with Crippen LogP contribution in [0.2, 0.25) is 0 Å². The van der Waals surface area contributed by atoms with Crippen molar-refractivity contribution < 1.29 is 0 Å². The standard InChI is InChI=1S/C12H15BrN4S/c1-14-7-12-16-5-3-11(17-12)15-4-2-10-6-9(13)8-18-10/h3,5-6,8,14H,2,4,7H2,1H3,(H,15,16,17). The molecular formula is C12H15BrN4S. The van der Waals surface area contributed by atoms with Gasteiger partial charge in [0.15, 0.2) is 0 Å². The van der Waals surface area contributed by atoms with E-state index >= 15 is 0 Å². The minimum absolute atomic E-state index is 0.688. The lowest BCUT2D eigenvalue weighted by molar-refractivity contribution is 0.758. The van der Waals surface area contributed by atoms with Gasteiger partial charge in [0.25, 0.3) is 0 Å². The van der Waals surface area contributed by atoms with Crippen molar-refractivity contribution in [3.8, 4) is 0 Å². The van der Waals surface area contributed by atoms with Gasteiger partial charge < -0.3 is 10.6 Å². The summed E-state index contributed by atoms with van der Waals surface area (Å²) in [6, 6.07) is 4.04. The summed E-state index contributed by atoms with van der Waals surface area (Å²) in [5.74, 6) is 1.69. The number of nitrogens with one attached hydrogen (secondary N) is 2. The zero-order valence-electron chi connectivity index (χ0n) is 10.1. The van der Waals surface area contributed by atoms with Crippen LogP contribution in [0.3, 0.4) is 0 Å². The topological polar surface area (TPSA) is 49.8 Å². The Labute approximate surface area is 119 Å². The monoisotopic (exact) mass is 326 g/mol. The molecule has 0 saturated carbocycles. The molecule has 2 aromatic rings. The molecule has 0 spiro atoms. The molecule has 0 unspecified atom stereocenters. The highest BCUT2D eigenvalue weighted by molar-refractivity contribution is 9.10. The minimum Gasteiger partial charge on any atom is -0.370 e. The molecule has 96 valence electrons. The molecule has 2 heterocycles. The van der Waals surface area contributed by atoms with Gasteiger partial charge in [0.2, 0.25) is 0 Å². The average Bonchev–Trinajstić information content (AvgIpc) is 2.76. The molecule has 2 N–H and O–H groups in total. The van der Waals surface area contributed by atoms with Crippen LogP contribution in [0.5, 0.6) is 0 Å². The second-order valence-electron chi connectivity index (χ2n) is 3.80. The quantitative estimate of drug-likeness (QED) is 0.856. The van der Waals surface area contributed by atoms with E-state index in [1.807, 2.05) is 13.1 Å². The van der Waals surface area contributed by atoms with Crippen molar-refractivity contribution in [2.45, 2.75) is 13.0 Å². The van der Waals surface area contributed by atoms with Crippen molar-refractivity contribution in [3.05, 3.63) is 38.9 Å². The summed E-state index contributed by atoms with van der Waals surface area (Å²) >= 11 is 5.22. The Kier molecular flexibility index (Phi) is 5.10. The Bertz CT molecular complexity index is 500. The van der Waals surface area contributed by atoms with Crippen molar-refractivity contribution in [3.63, 3.8) is 0 Å². The third kappa shape index (κ3) is 4.04. The summed E-state index contributed by atoms with van der Waals surface area (Å²) in [7, 11) is 1.89. The molecule has 6 heteroatoms. The number of hydrogen-bond donors (Lipinski definition) is 2. The van der Waals surface area contributed by atoms with Gasteiger partial charge >= 0.3 is 0 Å². The minimum atomic E-state index is 0.688. The Morgan fingerprint density at radius 3 is 3.06 bits per heavy atom. The molecule has 0 bridgehead atoms. The zero-order chi connectivity index (χ0) is 12.8. The van der Waals surface area contributed by atoms with Crippen LogP contribution in [0.15, 0.2) is 28.2 Å². The maximum absolute atomic E-state index is 4.41. The molecule has 0 aromatic carbocycles. The first-order chi connectivity index (χ1) is 8.78. The number of halogens is 1. The highest BCUT2D eigenvalue weighted by Crippen LogP contribution is 2.20. The fraction of sp³-hybridized carbons (Fsp3) is 0.333. The van der Waals surface area contributed by atoms with E-state index in [0.717, 1.165) is 29.1 Å². The Morgan fingerprint density at radius 2 is 2.33 bits per heavy atom. The molecule has 2 rings (SSSR count). The predicted octanol–water partition coefficient (Wildman–Crippen LogP) is 2.67. The average molecular weight is 327 g/mol. The number of nitrogens with zero attached hydrogens (tertiary/aromatic N) is 2. The number of thiophene rings is 1. The lowest BCUT2D eigenvalue weighted by Gasteiger charge is -2.05. The van der Waals surface area contributed by atoms with E-state index in [0.29, 0.717) is 6.54 Å². The third-order valence-electron chi connectivity index (χ3n) is 2.34. The second kappa shape index (κ2) is 6.82. The molecule has 0 aliphatic heterocycles. The maximum Gasteiger partial charge on any atom is 0.144 e. The van der Waals surface area contributed by atoms with Gasteiger partial charge in [-0.25, -0.2) is 9.97 Å². The lowest BCUT2D eigenvalue weighted by atomic mass is 10.3. The number of aromatic nitrogens is 2. The van der Waals surface area contributed by atoms with Crippen molar-refractivity contribution in [1.29, 1.82) is 0 Å². The Hall–Kier alpha value is -0.980. The van der Waals surface area contributed by atoms with Gasteiger partial charge in [0, 0.05) is 27.5 Å². The molecule has 0 radical (unpaired) electrons. The Balaban J connectivity index is 1.84. The fourth-order valence-corrected chi connectivity index (χ4v) is 2.99. The van der Waals surface area contributed by atoms with Gasteiger partial charge in [0.1, 0.15) is 11.6 Å². The smallest absolute Gasteiger partial charge is 0.144 e. The largest absolute Gasteiger partial charge is 0.370 e. The molecular weight excluding hydrogens is 312 g/mol. The fourth-order valence-electron chi connectivity index (χ4n) is 1.54. The van der Waals surface area contributed by atoms with E-state index < -0.39 is 0 Å². The van der Waals surface area contributed by atoms with Crippen LogP contribution in [-0.2, 0) is 13.0 Å². The molecule has 2 aromatic heterocycles.